The number of halogens is 2. The van der Waals surface area contributed by atoms with Gasteiger partial charge in [0.25, 0.3) is 0 Å². The van der Waals surface area contributed by atoms with Gasteiger partial charge in [0, 0.05) is 37.7 Å². The highest BCUT2D eigenvalue weighted by molar-refractivity contribution is 5.90. The van der Waals surface area contributed by atoms with E-state index in [0.29, 0.717) is 30.9 Å². The maximum atomic E-state index is 15.2. The summed E-state index contributed by atoms with van der Waals surface area (Å²) in [6.45, 7) is 1.59. The van der Waals surface area contributed by atoms with Crippen molar-refractivity contribution in [1.29, 1.82) is 0 Å². The first-order valence-electron chi connectivity index (χ1n) is 8.17. The molecule has 1 saturated carbocycles. The molecule has 1 aromatic rings. The normalized spacial score (nSPS) is 20.5. The van der Waals surface area contributed by atoms with Crippen LogP contribution in [0.25, 0.3) is 0 Å². The van der Waals surface area contributed by atoms with Gasteiger partial charge in [-0.05, 0) is 31.0 Å². The van der Waals surface area contributed by atoms with Crippen molar-refractivity contribution in [2.75, 3.05) is 29.4 Å². The van der Waals surface area contributed by atoms with Crippen molar-refractivity contribution >= 4 is 17.3 Å². The Morgan fingerprint density at radius 2 is 2.00 bits per heavy atom. The van der Waals surface area contributed by atoms with Gasteiger partial charge in [-0.15, -0.1) is 0 Å². The van der Waals surface area contributed by atoms with E-state index in [-0.39, 0.29) is 29.6 Å². The number of anilines is 2. The predicted octanol–water partition coefficient (Wildman–Crippen LogP) is 1.85. The molecular formula is C17H19F2N3O2. The van der Waals surface area contributed by atoms with Crippen LogP contribution in [0.5, 0.6) is 0 Å². The van der Waals surface area contributed by atoms with Crippen LogP contribution in [-0.2, 0) is 11.2 Å². The van der Waals surface area contributed by atoms with Crippen LogP contribution in [0.2, 0.25) is 0 Å². The number of carbonyl (C=O) groups is 1. The van der Waals surface area contributed by atoms with Gasteiger partial charge in [-0.1, -0.05) is 0 Å². The first-order chi connectivity index (χ1) is 11.5. The lowest BCUT2D eigenvalue weighted by Gasteiger charge is -2.41. The number of carboxylic acid groups (broad SMARTS) is 1. The number of nitrogens with two attached hydrogens (primary N) is 1. The van der Waals surface area contributed by atoms with Gasteiger partial charge < -0.3 is 20.6 Å². The van der Waals surface area contributed by atoms with Crippen molar-refractivity contribution in [3.8, 4) is 0 Å². The Kier molecular flexibility index (Phi) is 3.49. The maximum Gasteiger partial charge on any atom is 0.333 e. The van der Waals surface area contributed by atoms with Gasteiger partial charge in [0.1, 0.15) is 11.5 Å². The van der Waals surface area contributed by atoms with Gasteiger partial charge >= 0.3 is 5.97 Å². The van der Waals surface area contributed by atoms with Crippen LogP contribution in [0, 0.1) is 17.6 Å². The molecule has 128 valence electrons. The topological polar surface area (TPSA) is 69.8 Å². The Labute approximate surface area is 138 Å². The number of aliphatic carboxylic acids is 1. The van der Waals surface area contributed by atoms with E-state index in [0.717, 1.165) is 12.8 Å². The van der Waals surface area contributed by atoms with E-state index in [9.17, 15) is 14.3 Å². The molecule has 1 aromatic carbocycles. The molecule has 2 heterocycles. The number of fused-ring (bicyclic) bond motifs is 1. The highest BCUT2D eigenvalue weighted by Gasteiger charge is 2.38. The predicted molar refractivity (Wildman–Crippen MR) is 86.0 cm³/mol. The summed E-state index contributed by atoms with van der Waals surface area (Å²) in [6.07, 6.45) is 3.31. The molecule has 0 amide bonds. The molecule has 24 heavy (non-hydrogen) atoms. The van der Waals surface area contributed by atoms with Crippen LogP contribution >= 0.6 is 0 Å². The molecule has 0 radical (unpaired) electrons. The monoisotopic (exact) mass is 335 g/mol. The van der Waals surface area contributed by atoms with Crippen LogP contribution in [0.3, 0.4) is 0 Å². The third-order valence-corrected chi connectivity index (χ3v) is 5.00. The summed E-state index contributed by atoms with van der Waals surface area (Å²) in [5, 5.41) is 9.27. The second kappa shape index (κ2) is 5.44. The molecule has 0 unspecified atom stereocenters. The fourth-order valence-corrected chi connectivity index (χ4v) is 3.51. The first-order valence-corrected chi connectivity index (χ1v) is 8.17. The van der Waals surface area contributed by atoms with Gasteiger partial charge in [0.05, 0.1) is 11.3 Å². The summed E-state index contributed by atoms with van der Waals surface area (Å²) in [4.78, 5) is 14.7. The molecular weight excluding hydrogens is 316 g/mol. The summed E-state index contributed by atoms with van der Waals surface area (Å²) in [5.74, 6) is -2.01. The average molecular weight is 335 g/mol. The van der Waals surface area contributed by atoms with Crippen LogP contribution < -0.4 is 15.5 Å². The quantitative estimate of drug-likeness (QED) is 0.879. The number of nitrogens with zero attached hydrogens (tertiary/aromatic N) is 2. The summed E-state index contributed by atoms with van der Waals surface area (Å²) in [5.41, 5.74) is 6.46. The van der Waals surface area contributed by atoms with E-state index >= 15 is 4.39 Å². The van der Waals surface area contributed by atoms with Crippen molar-refractivity contribution < 1.29 is 18.7 Å². The number of rotatable bonds is 4. The third-order valence-electron chi connectivity index (χ3n) is 5.00. The Bertz CT molecular complexity index is 740. The smallest absolute Gasteiger partial charge is 0.333 e. The minimum absolute atomic E-state index is 0.0173. The molecule has 7 heteroatoms. The first kappa shape index (κ1) is 15.4. The zero-order valence-electron chi connectivity index (χ0n) is 13.1. The van der Waals surface area contributed by atoms with Gasteiger partial charge in [-0.25, -0.2) is 13.6 Å². The van der Waals surface area contributed by atoms with Crippen molar-refractivity contribution in [2.45, 2.75) is 25.3 Å². The summed E-state index contributed by atoms with van der Waals surface area (Å²) >= 11 is 0. The van der Waals surface area contributed by atoms with Gasteiger partial charge in [0.2, 0.25) is 0 Å². The van der Waals surface area contributed by atoms with Crippen molar-refractivity contribution in [2.24, 2.45) is 11.7 Å². The largest absolute Gasteiger partial charge is 0.478 e. The molecule has 3 aliphatic rings. The summed E-state index contributed by atoms with van der Waals surface area (Å²) < 4.78 is 29.7. The van der Waals surface area contributed by atoms with Crippen LogP contribution in [0.15, 0.2) is 17.8 Å². The van der Waals surface area contributed by atoms with Crippen molar-refractivity contribution in [3.63, 3.8) is 0 Å². The third kappa shape index (κ3) is 2.34. The average Bonchev–Trinajstić information content (AvgIpc) is 3.32. The Morgan fingerprint density at radius 1 is 1.29 bits per heavy atom. The minimum Gasteiger partial charge on any atom is -0.478 e. The highest BCUT2D eigenvalue weighted by atomic mass is 19.1. The van der Waals surface area contributed by atoms with Gasteiger partial charge in [-0.2, -0.15) is 0 Å². The van der Waals surface area contributed by atoms with Crippen molar-refractivity contribution in [1.82, 2.24) is 0 Å². The van der Waals surface area contributed by atoms with Gasteiger partial charge in [-0.3, -0.25) is 0 Å². The van der Waals surface area contributed by atoms with Gasteiger partial charge in [0.15, 0.2) is 5.82 Å². The fraction of sp³-hybridized carbons (Fsp3) is 0.471. The van der Waals surface area contributed by atoms with E-state index < -0.39 is 17.6 Å². The molecule has 5 nitrogen and oxygen atoms in total. The van der Waals surface area contributed by atoms with E-state index in [1.54, 1.807) is 9.80 Å². The van der Waals surface area contributed by atoms with E-state index in [1.165, 1.54) is 12.3 Å². The lowest BCUT2D eigenvalue weighted by molar-refractivity contribution is -0.132. The number of benzene rings is 1. The van der Waals surface area contributed by atoms with E-state index in [4.69, 9.17) is 5.73 Å². The molecule has 0 aromatic heterocycles. The standard InChI is InChI=1S/C17H19F2N3O2/c18-13-4-10-3-11(17(23)24)8-22(12-1-2-12)15(10)14(19)16(13)21-6-9(5-20)7-21/h4,8-9,12H,1-3,5-7,20H2,(H,23,24). The zero-order valence-corrected chi connectivity index (χ0v) is 13.1. The summed E-state index contributed by atoms with van der Waals surface area (Å²) in [7, 11) is 0. The second-order valence-corrected chi connectivity index (χ2v) is 6.81. The highest BCUT2D eigenvalue weighted by Crippen LogP contribution is 2.44. The SMILES string of the molecule is NCC1CN(c2c(F)cc3c(c2F)N(C2CC2)C=C(C(=O)O)C3)C1. The van der Waals surface area contributed by atoms with Crippen LogP contribution in [0.4, 0.5) is 20.2 Å². The maximum absolute atomic E-state index is 15.2. The Hall–Kier alpha value is -2.15. The molecule has 0 spiro atoms. The molecule has 3 N–H and O–H groups in total. The lowest BCUT2D eigenvalue weighted by Crippen LogP contribution is -2.50. The number of carboxylic acids is 1. The molecule has 4 rings (SSSR count). The molecule has 1 aliphatic carbocycles. The van der Waals surface area contributed by atoms with Crippen LogP contribution in [0.1, 0.15) is 18.4 Å². The lowest BCUT2D eigenvalue weighted by atomic mass is 9.95. The molecule has 0 atom stereocenters. The second-order valence-electron chi connectivity index (χ2n) is 6.81. The number of hydrogen-bond donors (Lipinski definition) is 2. The Morgan fingerprint density at radius 3 is 2.58 bits per heavy atom. The van der Waals surface area contributed by atoms with E-state index in [2.05, 4.69) is 0 Å². The fourth-order valence-electron chi connectivity index (χ4n) is 3.51. The summed E-state index contributed by atoms with van der Waals surface area (Å²) in [6, 6.07) is 1.38. The molecule has 2 fully saturated rings. The number of hydrogen-bond acceptors (Lipinski definition) is 4. The van der Waals surface area contributed by atoms with Crippen molar-refractivity contribution in [3.05, 3.63) is 35.0 Å². The van der Waals surface area contributed by atoms with Crippen LogP contribution in [-0.4, -0.2) is 36.8 Å². The zero-order chi connectivity index (χ0) is 17.0. The Balaban J connectivity index is 1.76. The minimum atomic E-state index is -1.05. The molecule has 1 saturated heterocycles. The molecule has 2 aliphatic heterocycles. The van der Waals surface area contributed by atoms with E-state index in [1.807, 2.05) is 0 Å². The molecule has 0 bridgehead atoms.